The molecule has 0 bridgehead atoms. The Morgan fingerprint density at radius 2 is 0.533 bits per heavy atom. The third-order valence-electron chi connectivity index (χ3n) is 0. The summed E-state index contributed by atoms with van der Waals surface area (Å²) in [6.07, 6.45) is 0. The van der Waals surface area contributed by atoms with Gasteiger partial charge in [0.05, 0.1) is 0 Å². The fraction of sp³-hybridized carbons (Fsp3) is 0. The van der Waals surface area contributed by atoms with E-state index in [4.69, 9.17) is 35.0 Å². The van der Waals surface area contributed by atoms with Crippen molar-refractivity contribution in [2.75, 3.05) is 0 Å². The van der Waals surface area contributed by atoms with E-state index in [-0.39, 0.29) is 124 Å². The topological polar surface area (TPSA) is 192 Å². The molecule has 0 fully saturated rings. The van der Waals surface area contributed by atoms with Crippen LogP contribution in [0.5, 0.6) is 0 Å². The van der Waals surface area contributed by atoms with E-state index in [0.717, 1.165) is 0 Å². The maximum Gasteiger partial charge on any atom is 1.00 e. The van der Waals surface area contributed by atoms with Gasteiger partial charge in [-0.05, 0) is 0 Å². The van der Waals surface area contributed by atoms with Crippen LogP contribution in [0.15, 0.2) is 0 Å². The Balaban J connectivity index is -0.0000000128. The van der Waals surface area contributed by atoms with Gasteiger partial charge >= 0.3 is 118 Å². The Bertz CT molecular complexity index is 216. The molecule has 15 heavy (non-hydrogen) atoms. The minimum absolute atomic E-state index is 0. The molecule has 0 aliphatic rings. The Hall–Kier alpha value is 3.70. The van der Waals surface area contributed by atoms with E-state index in [0.29, 0.717) is 0 Å². The quantitative estimate of drug-likeness (QED) is 0.239. The minimum Gasteiger partial charge on any atom is -0.759 e. The second-order valence-electron chi connectivity index (χ2n) is 0.816. The van der Waals surface area contributed by atoms with Crippen molar-refractivity contribution < 1.29 is 159 Å². The Labute approximate surface area is 176 Å². The summed E-state index contributed by atoms with van der Waals surface area (Å²) in [7, 11) is -10.3. The molecule has 0 aliphatic heterocycles. The number of rotatable bonds is 0. The summed E-state index contributed by atoms with van der Waals surface area (Å²) in [6.45, 7) is 0. The minimum atomic E-state index is -5.17. The van der Waals surface area contributed by atoms with E-state index < -0.39 is 20.8 Å². The first-order chi connectivity index (χ1) is 4.00. The summed E-state index contributed by atoms with van der Waals surface area (Å²) >= 11 is 0. The first kappa shape index (κ1) is 42.8. The molecule has 0 aromatic carbocycles. The zero-order valence-electron chi connectivity index (χ0n) is 8.58. The van der Waals surface area contributed by atoms with Gasteiger partial charge in [-0.2, -0.15) is 0 Å². The number of hydrogen-bond donors (Lipinski definition) is 0. The smallest absolute Gasteiger partial charge is 0.759 e. The van der Waals surface area contributed by atoms with Crippen molar-refractivity contribution in [1.82, 2.24) is 0 Å². The van der Waals surface area contributed by atoms with Gasteiger partial charge in [0.2, 0.25) is 0 Å². The monoisotopic (exact) mass is 302 g/mol. The summed E-state index contributed by atoms with van der Waals surface area (Å²) in [5.74, 6) is 0. The van der Waals surface area contributed by atoms with Crippen LogP contribution in [0.3, 0.4) is 0 Å². The van der Waals surface area contributed by atoms with Crippen LogP contribution in [0.4, 0.5) is 0 Å². The van der Waals surface area contributed by atoms with Crippen molar-refractivity contribution in [3.8, 4) is 0 Å². The molecule has 0 aromatic heterocycles. The first-order valence-electron chi connectivity index (χ1n) is 1.33. The van der Waals surface area contributed by atoms with Crippen molar-refractivity contribution in [1.29, 1.82) is 0 Å². The molecule has 0 unspecified atom stereocenters. The molecule has 9 nitrogen and oxygen atoms in total. The maximum atomic E-state index is 8.52. The van der Waals surface area contributed by atoms with Gasteiger partial charge in [0.15, 0.2) is 0 Å². The second-order valence-corrected chi connectivity index (χ2v) is 2.45. The summed E-state index contributed by atoms with van der Waals surface area (Å²) in [4.78, 5) is 0. The van der Waals surface area contributed by atoms with Crippen LogP contribution < -0.4 is 118 Å². The fourth-order valence-electron chi connectivity index (χ4n) is 0. The molecule has 72 valence electrons. The normalized spacial score (nSPS) is 7.73. The zero-order chi connectivity index (χ0) is 9.00. The summed E-state index contributed by atoms with van der Waals surface area (Å²) < 4.78 is 68.2. The summed E-state index contributed by atoms with van der Waals surface area (Å²) in [5.41, 5.74) is 0. The van der Waals surface area contributed by atoms with Gasteiger partial charge in [-0.15, -0.1) is 0 Å². The van der Waals surface area contributed by atoms with Gasteiger partial charge in [-0.25, -0.2) is 0 Å². The molecule has 0 rings (SSSR count). The largest absolute Gasteiger partial charge is 1.00 e. The van der Waals surface area contributed by atoms with E-state index in [1.807, 2.05) is 0 Å². The van der Waals surface area contributed by atoms with Crippen molar-refractivity contribution in [3.05, 3.63) is 0 Å². The van der Waals surface area contributed by atoms with Crippen LogP contribution in [0.25, 0.3) is 0 Å². The third-order valence-corrected chi connectivity index (χ3v) is 0. The predicted octanol–water partition coefficient (Wildman–Crippen LogP) is -15.5. The third kappa shape index (κ3) is 319. The van der Waals surface area contributed by atoms with Crippen molar-refractivity contribution >= 4 is 20.8 Å². The molecule has 0 heterocycles. The first-order valence-corrected chi connectivity index (χ1v) is 4.00. The molecule has 0 aliphatic carbocycles. The van der Waals surface area contributed by atoms with E-state index in [2.05, 4.69) is 0 Å². The van der Waals surface area contributed by atoms with Crippen molar-refractivity contribution in [2.45, 2.75) is 0 Å². The van der Waals surface area contributed by atoms with Gasteiger partial charge in [-0.3, -0.25) is 16.8 Å². The average molecular weight is 302 g/mol. The van der Waals surface area contributed by atoms with E-state index >= 15 is 0 Å². The Morgan fingerprint density at radius 3 is 0.533 bits per heavy atom. The van der Waals surface area contributed by atoms with Crippen molar-refractivity contribution in [2.24, 2.45) is 0 Å². The molecule has 15 heteroatoms. The molecule has 0 saturated carbocycles. The Kier molecular flexibility index (Phi) is 57.1. The maximum absolute atomic E-state index is 8.52. The molecule has 0 amide bonds. The van der Waals surface area contributed by atoms with Crippen LogP contribution in [-0.4, -0.2) is 40.5 Å². The standard InChI is InChI=1S/4Na.2H2O4S.H2O/c;;;;2*1-5(2,3)4;/h;;;;2*(H2,1,2,3,4);1H2/q4*+1;;;/p-4. The van der Waals surface area contributed by atoms with Crippen LogP contribution in [0.2, 0.25) is 0 Å². The zero-order valence-corrected chi connectivity index (χ0v) is 18.2. The number of hydrogen-bond acceptors (Lipinski definition) is 8. The van der Waals surface area contributed by atoms with Gasteiger partial charge in [0.25, 0.3) is 0 Å². The average Bonchev–Trinajstić information content (AvgIpc) is 1.12. The molecule has 0 saturated heterocycles. The van der Waals surface area contributed by atoms with Gasteiger partial charge in [0.1, 0.15) is 0 Å². The molecule has 0 atom stereocenters. The Morgan fingerprint density at radius 1 is 0.533 bits per heavy atom. The molecule has 0 aromatic rings. The van der Waals surface area contributed by atoms with Gasteiger partial charge in [-0.1, -0.05) is 0 Å². The summed E-state index contributed by atoms with van der Waals surface area (Å²) in [5, 5.41) is 0. The SMILES string of the molecule is O.O=S(=O)([O-])[O-].O=S(=O)([O-])[O-].[Na+].[Na+].[Na+].[Na+]. The van der Waals surface area contributed by atoms with Crippen LogP contribution in [0.1, 0.15) is 0 Å². The van der Waals surface area contributed by atoms with Gasteiger partial charge in [0, 0.05) is 20.8 Å². The van der Waals surface area contributed by atoms with Crippen LogP contribution >= 0.6 is 0 Å². The predicted molar refractivity (Wildman–Crippen MR) is 24.6 cm³/mol. The molecule has 0 spiro atoms. The molecule has 2 N–H and O–H groups in total. The van der Waals surface area contributed by atoms with Crippen molar-refractivity contribution in [3.63, 3.8) is 0 Å². The second kappa shape index (κ2) is 20.0. The summed E-state index contributed by atoms with van der Waals surface area (Å²) in [6, 6.07) is 0. The van der Waals surface area contributed by atoms with Gasteiger partial charge < -0.3 is 23.7 Å². The van der Waals surface area contributed by atoms with Crippen LogP contribution in [-0.2, 0) is 20.8 Å². The molecular weight excluding hydrogens is 300 g/mol. The van der Waals surface area contributed by atoms with E-state index in [1.54, 1.807) is 0 Å². The fourth-order valence-corrected chi connectivity index (χ4v) is 0. The molecule has 0 radical (unpaired) electrons. The molecular formula is H2Na4O9S2. The van der Waals surface area contributed by atoms with Crippen LogP contribution in [0, 0.1) is 0 Å². The van der Waals surface area contributed by atoms with E-state index in [9.17, 15) is 0 Å². The van der Waals surface area contributed by atoms with E-state index in [1.165, 1.54) is 0 Å².